The zero-order valence-electron chi connectivity index (χ0n) is 22.5. The van der Waals surface area contributed by atoms with Gasteiger partial charge in [-0.3, -0.25) is 0 Å². The van der Waals surface area contributed by atoms with Crippen LogP contribution in [0.1, 0.15) is 53.4 Å². The number of azo groups is 1. The Morgan fingerprint density at radius 1 is 0.872 bits per heavy atom. The molecule has 0 fully saturated rings. The average molecular weight is 533 g/mol. The van der Waals surface area contributed by atoms with Crippen molar-refractivity contribution in [2.45, 2.75) is 40.0 Å². The van der Waals surface area contributed by atoms with Crippen LogP contribution in [-0.4, -0.2) is 21.5 Å². The molecule has 7 heteroatoms. The summed E-state index contributed by atoms with van der Waals surface area (Å²) >= 11 is 6.54. The van der Waals surface area contributed by atoms with Crippen molar-refractivity contribution in [3.05, 3.63) is 112 Å². The molecule has 0 radical (unpaired) electrons. The van der Waals surface area contributed by atoms with Gasteiger partial charge in [-0.15, -0.1) is 5.11 Å². The van der Waals surface area contributed by atoms with Crippen LogP contribution in [0.2, 0.25) is 5.28 Å². The maximum absolute atomic E-state index is 6.54. The fourth-order valence-electron chi connectivity index (χ4n) is 5.55. The van der Waals surface area contributed by atoms with Gasteiger partial charge < -0.3 is 4.90 Å². The van der Waals surface area contributed by atoms with E-state index in [1.54, 1.807) is 0 Å². The smallest absolute Gasteiger partial charge is 0.234 e. The molecule has 1 aromatic heterocycles. The molecule has 6 rings (SSSR count). The molecule has 0 aliphatic heterocycles. The van der Waals surface area contributed by atoms with Crippen molar-refractivity contribution in [2.24, 2.45) is 10.2 Å². The molecule has 0 N–H and O–H groups in total. The van der Waals surface area contributed by atoms with E-state index in [2.05, 4.69) is 61.9 Å². The maximum Gasteiger partial charge on any atom is 0.234 e. The third-order valence-corrected chi connectivity index (χ3v) is 7.51. The molecule has 0 saturated carbocycles. The molecular weight excluding hydrogens is 504 g/mol. The number of hydrogen-bond donors (Lipinski definition) is 0. The van der Waals surface area contributed by atoms with Gasteiger partial charge in [0.1, 0.15) is 5.82 Å². The zero-order valence-corrected chi connectivity index (χ0v) is 23.2. The first-order valence-corrected chi connectivity index (χ1v) is 13.7. The number of aromatic nitrogens is 3. The molecular formula is C32H29ClN6. The fourth-order valence-corrected chi connectivity index (χ4v) is 5.71. The fraction of sp³-hybridized carbons (Fsp3) is 0.219. The third-order valence-electron chi connectivity index (χ3n) is 7.34. The van der Waals surface area contributed by atoms with Gasteiger partial charge in [-0.25, -0.2) is 4.98 Å². The topological polar surface area (TPSA) is 66.6 Å². The minimum atomic E-state index is -0.175. The Kier molecular flexibility index (Phi) is 6.57. The summed E-state index contributed by atoms with van der Waals surface area (Å²) in [6, 6.07) is 24.9. The second-order valence-electron chi connectivity index (χ2n) is 9.87. The standard InChI is InChI=1S/C32H29ClN6/c1-5-21-12-10-11-15-25(21)37-38-29-20(4)18-22-16-19(3)17-24-26(22)28(29)27(24)30-34-31(33)36-32(35-30)39(6-2)23-13-8-7-9-14-23/h7-18,27H,5-6H2,1-4H3. The van der Waals surface area contributed by atoms with Crippen LogP contribution in [0.25, 0.3) is 10.8 Å². The Labute approximate surface area is 233 Å². The van der Waals surface area contributed by atoms with E-state index >= 15 is 0 Å². The first-order valence-electron chi connectivity index (χ1n) is 13.3. The normalized spacial score (nSPS) is 14.1. The van der Waals surface area contributed by atoms with Gasteiger partial charge in [0, 0.05) is 17.8 Å². The second-order valence-corrected chi connectivity index (χ2v) is 10.2. The van der Waals surface area contributed by atoms with Gasteiger partial charge >= 0.3 is 0 Å². The Balaban J connectivity index is 1.50. The van der Waals surface area contributed by atoms with E-state index in [9.17, 15) is 0 Å². The van der Waals surface area contributed by atoms with Crippen LogP contribution in [0, 0.1) is 13.8 Å². The molecule has 1 heterocycles. The zero-order chi connectivity index (χ0) is 27.1. The van der Waals surface area contributed by atoms with Gasteiger partial charge in [-0.05, 0) is 90.5 Å². The van der Waals surface area contributed by atoms with Crippen molar-refractivity contribution in [1.29, 1.82) is 0 Å². The van der Waals surface area contributed by atoms with E-state index < -0.39 is 0 Å². The van der Waals surface area contributed by atoms with E-state index in [0.29, 0.717) is 18.3 Å². The van der Waals surface area contributed by atoms with E-state index in [4.69, 9.17) is 26.8 Å². The molecule has 5 aromatic rings. The van der Waals surface area contributed by atoms with Gasteiger partial charge in [0.15, 0.2) is 0 Å². The highest BCUT2D eigenvalue weighted by Gasteiger charge is 2.37. The van der Waals surface area contributed by atoms with E-state index in [-0.39, 0.29) is 11.2 Å². The maximum atomic E-state index is 6.54. The second kappa shape index (κ2) is 10.2. The number of rotatable bonds is 7. The lowest BCUT2D eigenvalue weighted by Gasteiger charge is -2.33. The predicted octanol–water partition coefficient (Wildman–Crippen LogP) is 8.92. The summed E-state index contributed by atoms with van der Waals surface area (Å²) < 4.78 is 0. The number of hydrogen-bond acceptors (Lipinski definition) is 6. The van der Waals surface area contributed by atoms with Crippen LogP contribution in [0.5, 0.6) is 0 Å². The number of para-hydroxylation sites is 1. The first kappa shape index (κ1) is 25.1. The summed E-state index contributed by atoms with van der Waals surface area (Å²) in [5.74, 6) is 0.977. The summed E-state index contributed by atoms with van der Waals surface area (Å²) in [4.78, 5) is 16.2. The molecule has 1 aliphatic rings. The molecule has 0 spiro atoms. The van der Waals surface area contributed by atoms with Crippen LogP contribution in [0.15, 0.2) is 83.0 Å². The summed E-state index contributed by atoms with van der Waals surface area (Å²) in [5, 5.41) is 12.1. The lowest BCUT2D eigenvalue weighted by Crippen LogP contribution is -2.23. The summed E-state index contributed by atoms with van der Waals surface area (Å²) in [7, 11) is 0. The van der Waals surface area contributed by atoms with Crippen LogP contribution in [-0.2, 0) is 6.42 Å². The highest BCUT2D eigenvalue weighted by atomic mass is 35.5. The Morgan fingerprint density at radius 2 is 1.64 bits per heavy atom. The molecule has 194 valence electrons. The van der Waals surface area contributed by atoms with Gasteiger partial charge in [-0.1, -0.05) is 61.0 Å². The number of halogens is 1. The first-order chi connectivity index (χ1) is 19.0. The van der Waals surface area contributed by atoms with Gasteiger partial charge in [-0.2, -0.15) is 15.1 Å². The molecule has 6 nitrogen and oxygen atoms in total. The molecule has 0 bridgehead atoms. The minimum Gasteiger partial charge on any atom is -0.311 e. The minimum absolute atomic E-state index is 0.175. The van der Waals surface area contributed by atoms with E-state index in [1.807, 2.05) is 53.4 Å². The molecule has 1 atom stereocenters. The predicted molar refractivity (Wildman–Crippen MR) is 158 cm³/mol. The number of nitrogens with zero attached hydrogens (tertiary/aromatic N) is 6. The summed E-state index contributed by atoms with van der Waals surface area (Å²) in [6.45, 7) is 9.10. The summed E-state index contributed by atoms with van der Waals surface area (Å²) in [6.07, 6.45) is 0.895. The Bertz CT molecular complexity index is 1730. The SMILES string of the molecule is CCc1ccccc1N=Nc1c(C)cc2cc(C)cc3c2c1C3c1nc(Cl)nc(N(CC)c2ccccc2)n1. The van der Waals surface area contributed by atoms with Crippen molar-refractivity contribution in [1.82, 2.24) is 15.0 Å². The van der Waals surface area contributed by atoms with Crippen molar-refractivity contribution < 1.29 is 0 Å². The highest BCUT2D eigenvalue weighted by molar-refractivity contribution is 6.28. The lowest BCUT2D eigenvalue weighted by molar-refractivity contribution is 0.798. The lowest BCUT2D eigenvalue weighted by atomic mass is 9.72. The molecule has 4 aromatic carbocycles. The third kappa shape index (κ3) is 4.45. The average Bonchev–Trinajstić information content (AvgIpc) is 2.92. The largest absolute Gasteiger partial charge is 0.311 e. The Morgan fingerprint density at radius 3 is 2.41 bits per heavy atom. The van der Waals surface area contributed by atoms with Gasteiger partial charge in [0.2, 0.25) is 11.2 Å². The van der Waals surface area contributed by atoms with Gasteiger partial charge in [0.05, 0.1) is 17.3 Å². The van der Waals surface area contributed by atoms with Crippen molar-refractivity contribution >= 4 is 45.4 Å². The molecule has 0 amide bonds. The number of aryl methyl sites for hydroxylation is 3. The van der Waals surface area contributed by atoms with Crippen molar-refractivity contribution in [2.75, 3.05) is 11.4 Å². The van der Waals surface area contributed by atoms with Crippen LogP contribution >= 0.6 is 11.6 Å². The van der Waals surface area contributed by atoms with Crippen LogP contribution in [0.3, 0.4) is 0 Å². The monoisotopic (exact) mass is 532 g/mol. The number of anilines is 2. The van der Waals surface area contributed by atoms with Crippen molar-refractivity contribution in [3.8, 4) is 0 Å². The highest BCUT2D eigenvalue weighted by Crippen LogP contribution is 2.53. The van der Waals surface area contributed by atoms with Crippen molar-refractivity contribution in [3.63, 3.8) is 0 Å². The molecule has 1 unspecified atom stereocenters. The van der Waals surface area contributed by atoms with Crippen LogP contribution in [0.4, 0.5) is 23.0 Å². The summed E-state index contributed by atoms with van der Waals surface area (Å²) in [5.41, 5.74) is 8.45. The Hall–Kier alpha value is -4.16. The van der Waals surface area contributed by atoms with E-state index in [1.165, 1.54) is 27.5 Å². The van der Waals surface area contributed by atoms with Gasteiger partial charge in [0.25, 0.3) is 0 Å². The molecule has 0 saturated heterocycles. The van der Waals surface area contributed by atoms with E-state index in [0.717, 1.165) is 34.6 Å². The van der Waals surface area contributed by atoms with Crippen LogP contribution < -0.4 is 4.90 Å². The molecule has 1 aliphatic carbocycles. The molecule has 39 heavy (non-hydrogen) atoms. The number of benzene rings is 4. The quantitative estimate of drug-likeness (QED) is 0.192.